The van der Waals surface area contributed by atoms with Crippen LogP contribution in [0.5, 0.6) is 5.75 Å². The fourth-order valence-corrected chi connectivity index (χ4v) is 12.6. The number of aliphatic hydroxyl groups is 2. The maximum absolute atomic E-state index is 15.0. The van der Waals surface area contributed by atoms with Crippen molar-refractivity contribution in [2.24, 2.45) is 5.92 Å². The number of rotatable bonds is 14. The number of halogens is 1. The van der Waals surface area contributed by atoms with Gasteiger partial charge in [-0.25, -0.2) is 0 Å². The minimum Gasteiger partial charge on any atom is -0.494 e. The molecule has 4 aliphatic heterocycles. The predicted octanol–water partition coefficient (Wildman–Crippen LogP) is 5.52. The highest BCUT2D eigenvalue weighted by Gasteiger charge is 2.66. The number of carbonyl (C=O) groups is 3. The number of likely N-dealkylation sites (tertiary alicyclic amines) is 1. The van der Waals surface area contributed by atoms with Crippen LogP contribution in [0.1, 0.15) is 62.6 Å². The van der Waals surface area contributed by atoms with Gasteiger partial charge in [0.05, 0.1) is 55.7 Å². The summed E-state index contributed by atoms with van der Waals surface area (Å²) in [5.41, 5.74) is 2.93. The highest BCUT2D eigenvalue weighted by atomic mass is 79.9. The van der Waals surface area contributed by atoms with E-state index in [0.717, 1.165) is 46.3 Å². The van der Waals surface area contributed by atoms with Gasteiger partial charge in [-0.15, -0.1) is 0 Å². The molecule has 2 fully saturated rings. The summed E-state index contributed by atoms with van der Waals surface area (Å²) < 4.78 is 13.5. The van der Waals surface area contributed by atoms with E-state index in [0.29, 0.717) is 49.5 Å². The van der Waals surface area contributed by atoms with E-state index in [9.17, 15) is 24.6 Å². The van der Waals surface area contributed by atoms with Crippen LogP contribution in [0.4, 0.5) is 17.1 Å². The third kappa shape index (κ3) is 7.82. The molecule has 4 aliphatic rings. The van der Waals surface area contributed by atoms with Gasteiger partial charge in [-0.3, -0.25) is 19.3 Å². The van der Waals surface area contributed by atoms with Crippen molar-refractivity contribution in [3.05, 3.63) is 81.8 Å². The van der Waals surface area contributed by atoms with E-state index >= 15 is 4.79 Å². The first-order chi connectivity index (χ1) is 27.3. The standard InChI is InChI=1S/C43H55BrN4O8Si/c1-5-55-33-15-17-36-29(21-33)22-35(45-18-6-7-20-49)41(52)48(36)31-13-10-28(11-14-31)25-47-37-16-12-30(44)23-34(37)43(42(47)53)27(2)40(57(3,4)54)38(56-43)24-39(51)46-19-8-9-32(46)26-50/h10-17,21,23,27,32,35,38,40,45,49-50,54H,5-9,18-20,22,24-26H2,1-4H3/t27-,32+,35?,38+,40-,43+/m1/s1. The van der Waals surface area contributed by atoms with Crippen molar-refractivity contribution in [2.75, 3.05) is 42.7 Å². The molecule has 12 nitrogen and oxygen atoms in total. The van der Waals surface area contributed by atoms with Crippen molar-refractivity contribution in [1.82, 2.24) is 10.2 Å². The zero-order valence-corrected chi connectivity index (χ0v) is 35.8. The maximum Gasteiger partial charge on any atom is 0.264 e. The van der Waals surface area contributed by atoms with Gasteiger partial charge in [0, 0.05) is 40.3 Å². The normalized spacial score (nSPS) is 25.8. The predicted molar refractivity (Wildman–Crippen MR) is 224 cm³/mol. The number of hydrogen-bond acceptors (Lipinski definition) is 9. The molecule has 4 heterocycles. The molecule has 0 radical (unpaired) electrons. The molecule has 0 aromatic heterocycles. The lowest BCUT2D eigenvalue weighted by atomic mass is 9.82. The van der Waals surface area contributed by atoms with E-state index in [-0.39, 0.29) is 49.9 Å². The number of fused-ring (bicyclic) bond motifs is 3. The minimum absolute atomic E-state index is 0.0205. The van der Waals surface area contributed by atoms with Crippen LogP contribution in [-0.4, -0.2) is 97.0 Å². The lowest BCUT2D eigenvalue weighted by molar-refractivity contribution is -0.150. The smallest absolute Gasteiger partial charge is 0.264 e. The monoisotopic (exact) mass is 862 g/mol. The molecule has 6 atom stereocenters. The van der Waals surface area contributed by atoms with Crippen LogP contribution >= 0.6 is 15.9 Å². The largest absolute Gasteiger partial charge is 0.494 e. The average Bonchev–Trinajstić information content (AvgIpc) is 3.84. The molecule has 0 saturated carbocycles. The second kappa shape index (κ2) is 16.9. The molecule has 0 aliphatic carbocycles. The second-order valence-corrected chi connectivity index (χ2v) is 21.3. The van der Waals surface area contributed by atoms with Gasteiger partial charge in [0.2, 0.25) is 11.8 Å². The molecule has 3 amide bonds. The van der Waals surface area contributed by atoms with Crippen molar-refractivity contribution < 1.29 is 38.9 Å². The Kier molecular flexibility index (Phi) is 12.3. The molecule has 1 spiro atoms. The number of carbonyl (C=O) groups excluding carboxylic acids is 3. The molecule has 306 valence electrons. The molecule has 14 heteroatoms. The molecular weight excluding hydrogens is 808 g/mol. The quantitative estimate of drug-likeness (QED) is 0.121. The zero-order chi connectivity index (χ0) is 40.6. The summed E-state index contributed by atoms with van der Waals surface area (Å²) in [5.74, 6) is -0.117. The SMILES string of the molecule is CCOc1ccc2c(c1)CC(NCCCCO)C(=O)N2c1ccc(CN2C(=O)[C@@]3(O[C@@H](CC(=O)N4CCC[C@H]4CO)[C@H]([Si](C)(C)O)[C@H]3C)c3cc(Br)ccc32)cc1. The van der Waals surface area contributed by atoms with Gasteiger partial charge < -0.3 is 39.6 Å². The molecule has 0 bridgehead atoms. The van der Waals surface area contributed by atoms with Crippen molar-refractivity contribution >= 4 is 59.0 Å². The van der Waals surface area contributed by atoms with E-state index in [2.05, 4.69) is 21.2 Å². The van der Waals surface area contributed by atoms with Crippen LogP contribution < -0.4 is 19.9 Å². The molecule has 4 N–H and O–H groups in total. The van der Waals surface area contributed by atoms with Gasteiger partial charge in [-0.2, -0.15) is 0 Å². The molecule has 2 saturated heterocycles. The number of amides is 3. The van der Waals surface area contributed by atoms with Crippen molar-refractivity contribution in [3.63, 3.8) is 0 Å². The van der Waals surface area contributed by atoms with Crippen LogP contribution in [0.25, 0.3) is 0 Å². The Morgan fingerprint density at radius 1 is 1.05 bits per heavy atom. The Morgan fingerprint density at radius 3 is 2.51 bits per heavy atom. The summed E-state index contributed by atoms with van der Waals surface area (Å²) in [7, 11) is -3.00. The second-order valence-electron chi connectivity index (χ2n) is 16.4. The Hall–Kier alpha value is -3.63. The first-order valence-corrected chi connectivity index (χ1v) is 24.1. The summed E-state index contributed by atoms with van der Waals surface area (Å²) in [5, 5.41) is 22.6. The summed E-state index contributed by atoms with van der Waals surface area (Å²) in [4.78, 5) is 59.7. The topological polar surface area (TPSA) is 152 Å². The first-order valence-electron chi connectivity index (χ1n) is 20.3. The first kappa shape index (κ1) is 41.5. The fourth-order valence-electron chi connectivity index (χ4n) is 9.70. The van der Waals surface area contributed by atoms with Gasteiger partial charge >= 0.3 is 0 Å². The number of nitrogens with one attached hydrogen (secondary N) is 1. The van der Waals surface area contributed by atoms with E-state index in [1.807, 2.05) is 87.6 Å². The van der Waals surface area contributed by atoms with E-state index in [1.54, 1.807) is 14.7 Å². The summed E-state index contributed by atoms with van der Waals surface area (Å²) >= 11 is 3.63. The molecule has 1 unspecified atom stereocenters. The van der Waals surface area contributed by atoms with Crippen molar-refractivity contribution in [3.8, 4) is 5.75 Å². The van der Waals surface area contributed by atoms with E-state index in [4.69, 9.17) is 9.47 Å². The van der Waals surface area contributed by atoms with E-state index in [1.165, 1.54) is 0 Å². The fraction of sp³-hybridized carbons (Fsp3) is 0.512. The lowest BCUT2D eigenvalue weighted by Crippen LogP contribution is -2.49. The highest BCUT2D eigenvalue weighted by molar-refractivity contribution is 9.10. The summed E-state index contributed by atoms with van der Waals surface area (Å²) in [6, 6.07) is 18.5. The third-order valence-electron chi connectivity index (χ3n) is 12.3. The maximum atomic E-state index is 15.0. The molecular formula is C43H55BrN4O8Si. The number of aliphatic hydroxyl groups excluding tert-OH is 2. The molecule has 7 rings (SSSR count). The van der Waals surface area contributed by atoms with Gasteiger partial charge in [0.1, 0.15) is 5.75 Å². The summed E-state index contributed by atoms with van der Waals surface area (Å²) in [6.45, 7) is 9.55. The van der Waals surface area contributed by atoms with Crippen LogP contribution in [-0.2, 0) is 37.7 Å². The van der Waals surface area contributed by atoms with Crippen LogP contribution in [0.2, 0.25) is 18.6 Å². The van der Waals surface area contributed by atoms with Gasteiger partial charge in [-0.1, -0.05) is 35.0 Å². The number of ether oxygens (including phenoxy) is 2. The number of benzene rings is 3. The molecule has 57 heavy (non-hydrogen) atoms. The lowest BCUT2D eigenvalue weighted by Gasteiger charge is -2.35. The van der Waals surface area contributed by atoms with Gasteiger partial charge in [0.25, 0.3) is 5.91 Å². The van der Waals surface area contributed by atoms with Gasteiger partial charge in [-0.05, 0) is 118 Å². The van der Waals surface area contributed by atoms with Gasteiger partial charge in [0.15, 0.2) is 13.9 Å². The Bertz CT molecular complexity index is 1980. The number of unbranched alkanes of at least 4 members (excludes halogenated alkanes) is 1. The number of nitrogens with zero attached hydrogens (tertiary/aromatic N) is 3. The number of hydrogen-bond donors (Lipinski definition) is 4. The Labute approximate surface area is 344 Å². The highest BCUT2D eigenvalue weighted by Crippen LogP contribution is 2.60. The average molecular weight is 864 g/mol. The zero-order valence-electron chi connectivity index (χ0n) is 33.2. The van der Waals surface area contributed by atoms with Crippen LogP contribution in [0, 0.1) is 5.92 Å². The van der Waals surface area contributed by atoms with Crippen molar-refractivity contribution in [2.45, 2.75) is 101 Å². The van der Waals surface area contributed by atoms with Crippen LogP contribution in [0.3, 0.4) is 0 Å². The molecule has 3 aromatic rings. The van der Waals surface area contributed by atoms with Crippen molar-refractivity contribution in [1.29, 1.82) is 0 Å². The Balaban J connectivity index is 1.17. The molecule has 3 aromatic carbocycles. The third-order valence-corrected chi connectivity index (χ3v) is 15.3. The minimum atomic E-state index is -3.00. The Morgan fingerprint density at radius 2 is 1.81 bits per heavy atom. The van der Waals surface area contributed by atoms with Crippen LogP contribution in [0.15, 0.2) is 65.1 Å². The summed E-state index contributed by atoms with van der Waals surface area (Å²) in [6.07, 6.45) is 2.83. The van der Waals surface area contributed by atoms with E-state index < -0.39 is 37.5 Å². The number of anilines is 3.